The van der Waals surface area contributed by atoms with E-state index in [9.17, 15) is 9.59 Å². The molecule has 0 unspecified atom stereocenters. The van der Waals surface area contributed by atoms with Crippen LogP contribution in [0.15, 0.2) is 24.3 Å². The van der Waals surface area contributed by atoms with E-state index in [0.717, 1.165) is 4.88 Å². The van der Waals surface area contributed by atoms with Crippen LogP contribution in [-0.2, 0) is 16.1 Å². The molecule has 0 atom stereocenters. The number of thiophene rings is 1. The summed E-state index contributed by atoms with van der Waals surface area (Å²) < 4.78 is 16.2. The number of Topliss-reactive ketones (excluding diaryl/α,β-unsaturated/α-hetero) is 1. The molecule has 0 radical (unpaired) electrons. The number of ether oxygens (including phenoxy) is 3. The first-order chi connectivity index (χ1) is 12.0. The standard InChI is InChI=1S/C18H17ClO5S/c1-11-2-4-16(25-11)14(20)3-5-17(21)24-10-12-8-13(19)18-15(9-12)22-6-7-23-18/h2,4,8-9H,3,5-7,10H2,1H3. The van der Waals surface area contributed by atoms with Gasteiger partial charge in [-0.25, -0.2) is 0 Å². The first kappa shape index (κ1) is 17.8. The number of rotatable bonds is 6. The van der Waals surface area contributed by atoms with Gasteiger partial charge in [-0.05, 0) is 36.8 Å². The number of halogens is 1. The van der Waals surface area contributed by atoms with Gasteiger partial charge >= 0.3 is 5.97 Å². The number of hydrogen-bond donors (Lipinski definition) is 0. The van der Waals surface area contributed by atoms with Gasteiger partial charge in [0.2, 0.25) is 0 Å². The molecular weight excluding hydrogens is 364 g/mol. The first-order valence-electron chi connectivity index (χ1n) is 7.86. The summed E-state index contributed by atoms with van der Waals surface area (Å²) in [4.78, 5) is 25.6. The van der Waals surface area contributed by atoms with Crippen molar-refractivity contribution in [2.75, 3.05) is 13.2 Å². The summed E-state index contributed by atoms with van der Waals surface area (Å²) in [6.07, 6.45) is 0.189. The maximum Gasteiger partial charge on any atom is 0.306 e. The van der Waals surface area contributed by atoms with E-state index in [4.69, 9.17) is 25.8 Å². The molecule has 5 nitrogen and oxygen atoms in total. The third-order valence-corrected chi connectivity index (χ3v) is 4.95. The summed E-state index contributed by atoms with van der Waals surface area (Å²) >= 11 is 7.58. The van der Waals surface area contributed by atoms with Gasteiger partial charge in [0, 0.05) is 11.3 Å². The molecule has 25 heavy (non-hydrogen) atoms. The van der Waals surface area contributed by atoms with Crippen LogP contribution in [0.25, 0.3) is 0 Å². The Morgan fingerprint density at radius 2 is 2.00 bits per heavy atom. The highest BCUT2D eigenvalue weighted by Gasteiger charge is 2.17. The summed E-state index contributed by atoms with van der Waals surface area (Å²) in [5, 5.41) is 0.423. The van der Waals surface area contributed by atoms with Crippen molar-refractivity contribution in [2.45, 2.75) is 26.4 Å². The highest BCUT2D eigenvalue weighted by Crippen LogP contribution is 2.38. The van der Waals surface area contributed by atoms with Gasteiger partial charge in [-0.1, -0.05) is 11.6 Å². The SMILES string of the molecule is Cc1ccc(C(=O)CCC(=O)OCc2cc(Cl)c3c(c2)OCCO3)s1. The zero-order valence-corrected chi connectivity index (χ0v) is 15.2. The highest BCUT2D eigenvalue weighted by atomic mass is 35.5. The fourth-order valence-corrected chi connectivity index (χ4v) is 3.53. The van der Waals surface area contributed by atoms with E-state index in [0.29, 0.717) is 40.2 Å². The van der Waals surface area contributed by atoms with Gasteiger partial charge in [0.1, 0.15) is 19.8 Å². The molecule has 2 heterocycles. The average Bonchev–Trinajstić information content (AvgIpc) is 3.04. The van der Waals surface area contributed by atoms with Crippen LogP contribution in [0.1, 0.15) is 33.0 Å². The number of esters is 1. The molecule has 7 heteroatoms. The van der Waals surface area contributed by atoms with Crippen LogP contribution in [0.5, 0.6) is 11.5 Å². The summed E-state index contributed by atoms with van der Waals surface area (Å²) in [6, 6.07) is 7.10. The van der Waals surface area contributed by atoms with Crippen LogP contribution in [0, 0.1) is 6.92 Å². The summed E-state index contributed by atoms with van der Waals surface area (Å²) in [6.45, 7) is 2.92. The Morgan fingerprint density at radius 3 is 2.76 bits per heavy atom. The van der Waals surface area contributed by atoms with Crippen molar-refractivity contribution in [3.05, 3.63) is 44.6 Å². The van der Waals surface area contributed by atoms with Gasteiger partial charge < -0.3 is 14.2 Å². The molecule has 0 spiro atoms. The van der Waals surface area contributed by atoms with Crippen LogP contribution in [0.2, 0.25) is 5.02 Å². The largest absolute Gasteiger partial charge is 0.486 e. The minimum absolute atomic E-state index is 0.0441. The fourth-order valence-electron chi connectivity index (χ4n) is 2.41. The van der Waals surface area contributed by atoms with Crippen molar-refractivity contribution in [1.82, 2.24) is 0 Å². The smallest absolute Gasteiger partial charge is 0.306 e. The van der Waals surface area contributed by atoms with Crippen LogP contribution < -0.4 is 9.47 Å². The molecule has 1 aromatic carbocycles. The van der Waals surface area contributed by atoms with Crippen LogP contribution in [-0.4, -0.2) is 25.0 Å². The topological polar surface area (TPSA) is 61.8 Å². The van der Waals surface area contributed by atoms with E-state index in [1.54, 1.807) is 18.2 Å². The van der Waals surface area contributed by atoms with Gasteiger partial charge in [0.25, 0.3) is 0 Å². The zero-order chi connectivity index (χ0) is 17.8. The number of fused-ring (bicyclic) bond motifs is 1. The van der Waals surface area contributed by atoms with Gasteiger partial charge in [0.05, 0.1) is 16.3 Å². The Bertz CT molecular complexity index is 799. The van der Waals surface area contributed by atoms with Crippen LogP contribution in [0.4, 0.5) is 0 Å². The molecule has 0 saturated carbocycles. The van der Waals surface area contributed by atoms with Crippen LogP contribution >= 0.6 is 22.9 Å². The fraction of sp³-hybridized carbons (Fsp3) is 0.333. The van der Waals surface area contributed by atoms with Gasteiger partial charge in [-0.2, -0.15) is 0 Å². The maximum atomic E-state index is 12.0. The number of aryl methyl sites for hydroxylation is 1. The molecular formula is C18H17ClO5S. The number of carbonyl (C=O) groups excluding carboxylic acids is 2. The third kappa shape index (κ3) is 4.52. The monoisotopic (exact) mass is 380 g/mol. The Labute approximate surface area is 154 Å². The van der Waals surface area contributed by atoms with Crippen molar-refractivity contribution in [2.24, 2.45) is 0 Å². The van der Waals surface area contributed by atoms with E-state index in [1.807, 2.05) is 13.0 Å². The maximum absolute atomic E-state index is 12.0. The number of benzene rings is 1. The molecule has 0 fully saturated rings. The van der Waals surface area contributed by atoms with Crippen molar-refractivity contribution >= 4 is 34.7 Å². The second-order valence-electron chi connectivity index (χ2n) is 5.60. The summed E-state index contributed by atoms with van der Waals surface area (Å²) in [5.74, 6) is 0.595. The average molecular weight is 381 g/mol. The Morgan fingerprint density at radius 1 is 1.20 bits per heavy atom. The molecule has 1 aliphatic rings. The molecule has 0 bridgehead atoms. The van der Waals surface area contributed by atoms with Crippen molar-refractivity contribution in [3.8, 4) is 11.5 Å². The molecule has 0 amide bonds. The van der Waals surface area contributed by atoms with Crippen molar-refractivity contribution in [3.63, 3.8) is 0 Å². The van der Waals surface area contributed by atoms with Gasteiger partial charge in [0.15, 0.2) is 17.3 Å². The Kier molecular flexibility index (Phi) is 5.60. The number of carbonyl (C=O) groups is 2. The summed E-state index contributed by atoms with van der Waals surface area (Å²) in [7, 11) is 0. The predicted octanol–water partition coefficient (Wildman–Crippen LogP) is 4.19. The lowest BCUT2D eigenvalue weighted by Crippen LogP contribution is -2.16. The van der Waals surface area contributed by atoms with Crippen LogP contribution in [0.3, 0.4) is 0 Å². The van der Waals surface area contributed by atoms with Gasteiger partial charge in [-0.15, -0.1) is 11.3 Å². The van der Waals surface area contributed by atoms with E-state index in [1.165, 1.54) is 11.3 Å². The summed E-state index contributed by atoms with van der Waals surface area (Å²) in [5.41, 5.74) is 0.711. The van der Waals surface area contributed by atoms with E-state index >= 15 is 0 Å². The van der Waals surface area contributed by atoms with E-state index in [-0.39, 0.29) is 25.2 Å². The lowest BCUT2D eigenvalue weighted by atomic mass is 10.2. The lowest BCUT2D eigenvalue weighted by molar-refractivity contribution is -0.144. The van der Waals surface area contributed by atoms with Gasteiger partial charge in [-0.3, -0.25) is 9.59 Å². The first-order valence-corrected chi connectivity index (χ1v) is 9.05. The molecule has 3 rings (SSSR count). The molecule has 132 valence electrons. The van der Waals surface area contributed by atoms with E-state index in [2.05, 4.69) is 0 Å². The van der Waals surface area contributed by atoms with E-state index < -0.39 is 5.97 Å². The predicted molar refractivity (Wildman–Crippen MR) is 94.9 cm³/mol. The van der Waals surface area contributed by atoms with Crippen molar-refractivity contribution < 1.29 is 23.8 Å². The lowest BCUT2D eigenvalue weighted by Gasteiger charge is -2.20. The molecule has 0 saturated heterocycles. The quantitative estimate of drug-likeness (QED) is 0.555. The minimum atomic E-state index is -0.423. The number of hydrogen-bond acceptors (Lipinski definition) is 6. The molecule has 2 aromatic rings. The normalized spacial score (nSPS) is 12.7. The molecule has 0 aliphatic carbocycles. The molecule has 0 N–H and O–H groups in total. The second-order valence-corrected chi connectivity index (χ2v) is 7.29. The molecule has 1 aliphatic heterocycles. The second kappa shape index (κ2) is 7.89. The Balaban J connectivity index is 1.51. The number of ketones is 1. The third-order valence-electron chi connectivity index (χ3n) is 3.63. The highest BCUT2D eigenvalue weighted by molar-refractivity contribution is 7.14. The zero-order valence-electron chi connectivity index (χ0n) is 13.7. The minimum Gasteiger partial charge on any atom is -0.486 e. The molecule has 1 aromatic heterocycles. The Hall–Kier alpha value is -2.05. The van der Waals surface area contributed by atoms with Crippen molar-refractivity contribution in [1.29, 1.82) is 0 Å².